The second-order valence-corrected chi connectivity index (χ2v) is 8.76. The fourth-order valence-corrected chi connectivity index (χ4v) is 4.45. The lowest BCUT2D eigenvalue weighted by Gasteiger charge is -2.39. The predicted octanol–water partition coefficient (Wildman–Crippen LogP) is 2.76. The van der Waals surface area contributed by atoms with E-state index in [1.807, 2.05) is 17.1 Å². The standard InChI is InChI=1S/C23H28N6O2/c1-15-13-28(7-6-27(15)2)18-4-5-20-21(10-18)26-22(12-24-20)17-11-25-29(14-17)19-8-16(9-19)23(30)31-3/h4-5,10-12,14-16,19H,6-9,13H2,1-3H3/t15-,16?,19?/m0/s1. The third kappa shape index (κ3) is 3.76. The SMILES string of the molecule is COC(=O)C1CC(n2cc(-c3cnc4ccc(N5CCN(C)[C@@H](C)C5)cc4n3)cn2)C1. The lowest BCUT2D eigenvalue weighted by Crippen LogP contribution is -2.50. The van der Waals surface area contributed by atoms with Crippen LogP contribution in [0.5, 0.6) is 0 Å². The van der Waals surface area contributed by atoms with Crippen molar-refractivity contribution in [3.05, 3.63) is 36.8 Å². The van der Waals surface area contributed by atoms with E-state index in [4.69, 9.17) is 9.72 Å². The summed E-state index contributed by atoms with van der Waals surface area (Å²) < 4.78 is 6.76. The summed E-state index contributed by atoms with van der Waals surface area (Å²) in [4.78, 5) is 25.9. The summed E-state index contributed by atoms with van der Waals surface area (Å²) in [6.45, 7) is 5.34. The van der Waals surface area contributed by atoms with Crippen molar-refractivity contribution in [1.29, 1.82) is 0 Å². The first-order valence-corrected chi connectivity index (χ1v) is 10.9. The van der Waals surface area contributed by atoms with E-state index in [0.29, 0.717) is 6.04 Å². The smallest absolute Gasteiger partial charge is 0.308 e. The maximum atomic E-state index is 11.6. The summed E-state index contributed by atoms with van der Waals surface area (Å²) in [6, 6.07) is 7.09. The van der Waals surface area contributed by atoms with Crippen LogP contribution in [0.25, 0.3) is 22.3 Å². The minimum absolute atomic E-state index is 0.0150. The Labute approximate surface area is 181 Å². The van der Waals surface area contributed by atoms with Crippen molar-refractivity contribution in [2.75, 3.05) is 38.7 Å². The number of piperazine rings is 1. The van der Waals surface area contributed by atoms with E-state index in [9.17, 15) is 4.79 Å². The highest BCUT2D eigenvalue weighted by Gasteiger charge is 2.36. The number of benzene rings is 1. The number of carbonyl (C=O) groups excluding carboxylic acids is 1. The van der Waals surface area contributed by atoms with Gasteiger partial charge in [0.15, 0.2) is 0 Å². The van der Waals surface area contributed by atoms with E-state index < -0.39 is 0 Å². The first-order chi connectivity index (χ1) is 15.0. The molecule has 3 aromatic rings. The van der Waals surface area contributed by atoms with Gasteiger partial charge in [-0.3, -0.25) is 14.5 Å². The van der Waals surface area contributed by atoms with Gasteiger partial charge in [0.1, 0.15) is 0 Å². The number of carbonyl (C=O) groups is 1. The number of methoxy groups -OCH3 is 1. The minimum Gasteiger partial charge on any atom is -0.469 e. The molecule has 8 heteroatoms. The zero-order chi connectivity index (χ0) is 21.5. The molecule has 2 aromatic heterocycles. The molecule has 0 radical (unpaired) electrons. The van der Waals surface area contributed by atoms with Crippen LogP contribution in [0.2, 0.25) is 0 Å². The number of nitrogens with zero attached hydrogens (tertiary/aromatic N) is 6. The van der Waals surface area contributed by atoms with Gasteiger partial charge in [0, 0.05) is 43.1 Å². The average molecular weight is 421 g/mol. The minimum atomic E-state index is -0.130. The molecule has 1 saturated carbocycles. The van der Waals surface area contributed by atoms with Crippen LogP contribution in [0.4, 0.5) is 5.69 Å². The molecule has 0 amide bonds. The number of hydrogen-bond acceptors (Lipinski definition) is 7. The third-order valence-electron chi connectivity index (χ3n) is 6.77. The highest BCUT2D eigenvalue weighted by Crippen LogP contribution is 2.38. The zero-order valence-electron chi connectivity index (χ0n) is 18.2. The molecule has 2 fully saturated rings. The van der Waals surface area contributed by atoms with Crippen LogP contribution >= 0.6 is 0 Å². The monoisotopic (exact) mass is 420 g/mol. The normalized spacial score (nSPS) is 24.2. The van der Waals surface area contributed by atoms with Crippen molar-refractivity contribution in [1.82, 2.24) is 24.6 Å². The lowest BCUT2D eigenvalue weighted by molar-refractivity contribution is -0.149. The summed E-state index contributed by atoms with van der Waals surface area (Å²) >= 11 is 0. The van der Waals surface area contributed by atoms with Crippen molar-refractivity contribution in [3.63, 3.8) is 0 Å². The Morgan fingerprint density at radius 3 is 2.77 bits per heavy atom. The third-order valence-corrected chi connectivity index (χ3v) is 6.77. The Morgan fingerprint density at radius 1 is 1.16 bits per heavy atom. The molecule has 0 N–H and O–H groups in total. The van der Waals surface area contributed by atoms with Gasteiger partial charge in [-0.1, -0.05) is 0 Å². The molecule has 0 unspecified atom stereocenters. The van der Waals surface area contributed by atoms with Gasteiger partial charge in [0.2, 0.25) is 0 Å². The molecule has 162 valence electrons. The number of likely N-dealkylation sites (N-methyl/N-ethyl adjacent to an activating group) is 1. The fourth-order valence-electron chi connectivity index (χ4n) is 4.45. The number of ether oxygens (including phenoxy) is 1. The van der Waals surface area contributed by atoms with Gasteiger partial charge in [-0.15, -0.1) is 0 Å². The molecule has 1 aliphatic carbocycles. The molecule has 0 spiro atoms. The average Bonchev–Trinajstić information content (AvgIpc) is 3.23. The number of hydrogen-bond donors (Lipinski definition) is 0. The lowest BCUT2D eigenvalue weighted by atomic mass is 9.80. The first-order valence-electron chi connectivity index (χ1n) is 10.9. The second-order valence-electron chi connectivity index (χ2n) is 8.76. The van der Waals surface area contributed by atoms with Crippen molar-refractivity contribution >= 4 is 22.7 Å². The molecule has 3 heterocycles. The Hall–Kier alpha value is -3.00. The second kappa shape index (κ2) is 7.92. The first kappa shape index (κ1) is 19.9. The highest BCUT2D eigenvalue weighted by molar-refractivity contribution is 5.81. The molecule has 1 aromatic carbocycles. The molecular weight excluding hydrogens is 392 g/mol. The van der Waals surface area contributed by atoms with E-state index >= 15 is 0 Å². The van der Waals surface area contributed by atoms with Gasteiger partial charge in [0.05, 0.1) is 48.2 Å². The van der Waals surface area contributed by atoms with Crippen molar-refractivity contribution in [3.8, 4) is 11.3 Å². The number of anilines is 1. The van der Waals surface area contributed by atoms with Gasteiger partial charge in [0.25, 0.3) is 0 Å². The van der Waals surface area contributed by atoms with Crippen LogP contribution in [0.3, 0.4) is 0 Å². The number of esters is 1. The van der Waals surface area contributed by atoms with Crippen LogP contribution in [-0.2, 0) is 9.53 Å². The summed E-state index contributed by atoms with van der Waals surface area (Å²) in [5.41, 5.74) is 4.73. The highest BCUT2D eigenvalue weighted by atomic mass is 16.5. The molecule has 8 nitrogen and oxygen atoms in total. The maximum absolute atomic E-state index is 11.6. The molecular formula is C23H28N6O2. The van der Waals surface area contributed by atoms with Gasteiger partial charge in [-0.05, 0) is 45.0 Å². The molecule has 1 atom stereocenters. The molecule has 1 saturated heterocycles. The van der Waals surface area contributed by atoms with Gasteiger partial charge in [-0.2, -0.15) is 5.10 Å². The Kier molecular flexibility index (Phi) is 5.09. The van der Waals surface area contributed by atoms with Crippen LogP contribution in [-0.4, -0.2) is 70.5 Å². The van der Waals surface area contributed by atoms with Crippen molar-refractivity contribution < 1.29 is 9.53 Å². The molecule has 0 bridgehead atoms. The summed E-state index contributed by atoms with van der Waals surface area (Å²) in [5, 5.41) is 4.50. The fraction of sp³-hybridized carbons (Fsp3) is 0.478. The Bertz CT molecular complexity index is 1110. The van der Waals surface area contributed by atoms with Crippen LogP contribution in [0.15, 0.2) is 36.8 Å². The van der Waals surface area contributed by atoms with Gasteiger partial charge < -0.3 is 14.5 Å². The maximum Gasteiger partial charge on any atom is 0.308 e. The van der Waals surface area contributed by atoms with Gasteiger partial charge in [-0.25, -0.2) is 4.98 Å². The van der Waals surface area contributed by atoms with Crippen LogP contribution < -0.4 is 4.90 Å². The molecule has 1 aliphatic heterocycles. The predicted molar refractivity (Wildman–Crippen MR) is 119 cm³/mol. The topological polar surface area (TPSA) is 76.4 Å². The number of fused-ring (bicyclic) bond motifs is 1. The van der Waals surface area contributed by atoms with Crippen LogP contribution in [0, 0.1) is 5.92 Å². The van der Waals surface area contributed by atoms with E-state index in [0.717, 1.165) is 54.8 Å². The van der Waals surface area contributed by atoms with E-state index in [1.54, 1.807) is 6.20 Å². The Morgan fingerprint density at radius 2 is 2.00 bits per heavy atom. The quantitative estimate of drug-likeness (QED) is 0.601. The molecule has 31 heavy (non-hydrogen) atoms. The Balaban J connectivity index is 1.35. The largest absolute Gasteiger partial charge is 0.469 e. The summed E-state index contributed by atoms with van der Waals surface area (Å²) in [6.07, 6.45) is 7.17. The summed E-state index contributed by atoms with van der Waals surface area (Å²) in [5.74, 6) is -0.145. The summed E-state index contributed by atoms with van der Waals surface area (Å²) in [7, 11) is 3.62. The van der Waals surface area contributed by atoms with Crippen molar-refractivity contribution in [2.24, 2.45) is 5.92 Å². The van der Waals surface area contributed by atoms with Crippen molar-refractivity contribution in [2.45, 2.75) is 31.8 Å². The van der Waals surface area contributed by atoms with E-state index in [-0.39, 0.29) is 17.9 Å². The van der Waals surface area contributed by atoms with Gasteiger partial charge >= 0.3 is 5.97 Å². The number of rotatable bonds is 4. The molecule has 2 aliphatic rings. The number of aromatic nitrogens is 4. The zero-order valence-corrected chi connectivity index (χ0v) is 18.2. The molecule has 5 rings (SSSR count). The van der Waals surface area contributed by atoms with E-state index in [2.05, 4.69) is 52.1 Å². The van der Waals surface area contributed by atoms with E-state index in [1.165, 1.54) is 12.8 Å². The van der Waals surface area contributed by atoms with Crippen LogP contribution in [0.1, 0.15) is 25.8 Å².